The van der Waals surface area contributed by atoms with Crippen LogP contribution < -0.4 is 5.73 Å². The Kier molecular flexibility index (Phi) is 4.86. The summed E-state index contributed by atoms with van der Waals surface area (Å²) >= 11 is 0. The molecule has 66 valence electrons. The molecule has 2 atom stereocenters. The zero-order valence-corrected chi connectivity index (χ0v) is 7.46. The molecule has 0 heterocycles. The summed E-state index contributed by atoms with van der Waals surface area (Å²) in [7, 11) is 0. The fourth-order valence-corrected chi connectivity index (χ4v) is 0.725. The Hall–Kier alpha value is -0.570. The first kappa shape index (κ1) is 10.4. The highest BCUT2D eigenvalue weighted by molar-refractivity contribution is 5.75. The van der Waals surface area contributed by atoms with Crippen LogP contribution in [-0.4, -0.2) is 18.6 Å². The minimum Gasteiger partial charge on any atom is -0.465 e. The lowest BCUT2D eigenvalue weighted by molar-refractivity contribution is -0.145. The maximum absolute atomic E-state index is 11.0. The number of hydrogen-bond acceptors (Lipinski definition) is 3. The van der Waals surface area contributed by atoms with Gasteiger partial charge in [-0.05, 0) is 12.8 Å². The first-order chi connectivity index (χ1) is 5.13. The monoisotopic (exact) mass is 159 g/mol. The van der Waals surface area contributed by atoms with Crippen molar-refractivity contribution in [2.75, 3.05) is 6.61 Å². The van der Waals surface area contributed by atoms with Crippen molar-refractivity contribution < 1.29 is 9.53 Å². The normalized spacial score (nSPS) is 15.6. The summed E-state index contributed by atoms with van der Waals surface area (Å²) in [6, 6.07) is -0.458. The maximum Gasteiger partial charge on any atom is 0.323 e. The third-order valence-corrected chi connectivity index (χ3v) is 1.82. The van der Waals surface area contributed by atoms with Gasteiger partial charge in [0.15, 0.2) is 0 Å². The predicted octanol–water partition coefficient (Wildman–Crippen LogP) is 0.923. The number of carbonyl (C=O) groups excluding carboxylic acids is 1. The highest BCUT2D eigenvalue weighted by atomic mass is 16.5. The first-order valence-electron chi connectivity index (χ1n) is 4.05. The minimum absolute atomic E-state index is 0.203. The molecule has 0 spiro atoms. The second-order valence-corrected chi connectivity index (χ2v) is 2.66. The van der Waals surface area contributed by atoms with Crippen molar-refractivity contribution in [3.05, 3.63) is 0 Å². The Labute approximate surface area is 67.9 Å². The second kappa shape index (κ2) is 5.13. The van der Waals surface area contributed by atoms with Crippen molar-refractivity contribution in [2.45, 2.75) is 33.2 Å². The third kappa shape index (κ3) is 3.37. The fourth-order valence-electron chi connectivity index (χ4n) is 0.725. The third-order valence-electron chi connectivity index (χ3n) is 1.82. The Morgan fingerprint density at radius 2 is 2.09 bits per heavy atom. The largest absolute Gasteiger partial charge is 0.465 e. The average Bonchev–Trinajstić information content (AvgIpc) is 2.02. The predicted molar refractivity (Wildman–Crippen MR) is 44.1 cm³/mol. The molecule has 0 saturated heterocycles. The van der Waals surface area contributed by atoms with Gasteiger partial charge in [0.1, 0.15) is 6.04 Å². The van der Waals surface area contributed by atoms with Gasteiger partial charge in [-0.25, -0.2) is 0 Å². The van der Waals surface area contributed by atoms with E-state index in [1.807, 2.05) is 13.8 Å². The van der Waals surface area contributed by atoms with Gasteiger partial charge in [0.25, 0.3) is 0 Å². The zero-order chi connectivity index (χ0) is 8.85. The van der Waals surface area contributed by atoms with Crippen LogP contribution in [0.4, 0.5) is 0 Å². The van der Waals surface area contributed by atoms with E-state index in [9.17, 15) is 4.79 Å². The molecule has 0 rings (SSSR count). The Bertz CT molecular complexity index is 125. The topological polar surface area (TPSA) is 52.3 Å². The van der Waals surface area contributed by atoms with Crippen LogP contribution in [0.1, 0.15) is 27.2 Å². The van der Waals surface area contributed by atoms with Crippen molar-refractivity contribution in [3.8, 4) is 0 Å². The maximum atomic E-state index is 11.0. The van der Waals surface area contributed by atoms with E-state index < -0.39 is 6.04 Å². The molecule has 0 aromatic rings. The van der Waals surface area contributed by atoms with Crippen LogP contribution >= 0.6 is 0 Å². The van der Waals surface area contributed by atoms with E-state index in [4.69, 9.17) is 10.5 Å². The lowest BCUT2D eigenvalue weighted by atomic mass is 10.0. The summed E-state index contributed by atoms with van der Waals surface area (Å²) < 4.78 is 4.76. The average molecular weight is 159 g/mol. The summed E-state index contributed by atoms with van der Waals surface area (Å²) in [6.07, 6.45) is 0.903. The summed E-state index contributed by atoms with van der Waals surface area (Å²) in [5, 5.41) is 0. The molecule has 0 radical (unpaired) electrons. The van der Waals surface area contributed by atoms with Crippen LogP contribution in [-0.2, 0) is 9.53 Å². The highest BCUT2D eigenvalue weighted by Gasteiger charge is 2.19. The molecular weight excluding hydrogens is 142 g/mol. The zero-order valence-electron chi connectivity index (χ0n) is 7.46. The summed E-state index contributed by atoms with van der Waals surface area (Å²) in [5.41, 5.74) is 5.58. The number of nitrogens with two attached hydrogens (primary N) is 1. The van der Waals surface area contributed by atoms with Crippen molar-refractivity contribution in [2.24, 2.45) is 11.7 Å². The van der Waals surface area contributed by atoms with Gasteiger partial charge >= 0.3 is 5.97 Å². The highest BCUT2D eigenvalue weighted by Crippen LogP contribution is 2.06. The van der Waals surface area contributed by atoms with E-state index in [0.29, 0.717) is 6.61 Å². The summed E-state index contributed by atoms with van der Waals surface area (Å²) in [5.74, 6) is -0.0871. The van der Waals surface area contributed by atoms with E-state index >= 15 is 0 Å². The minimum atomic E-state index is -0.458. The molecule has 3 heteroatoms. The van der Waals surface area contributed by atoms with E-state index in [1.54, 1.807) is 6.92 Å². The number of ether oxygens (including phenoxy) is 1. The molecule has 2 N–H and O–H groups in total. The number of carbonyl (C=O) groups is 1. The lowest BCUT2D eigenvalue weighted by Crippen LogP contribution is -2.37. The van der Waals surface area contributed by atoms with Crippen LogP contribution in [0.3, 0.4) is 0 Å². The number of rotatable bonds is 4. The standard InChI is InChI=1S/C8H17NO2/c1-4-6(3)7(9)8(10)11-5-2/h6-7H,4-5,9H2,1-3H3/t6-,7+/m1/s1. The van der Waals surface area contributed by atoms with Crippen LogP contribution in [0.5, 0.6) is 0 Å². The molecule has 0 unspecified atom stereocenters. The smallest absolute Gasteiger partial charge is 0.323 e. The van der Waals surface area contributed by atoms with E-state index in [0.717, 1.165) is 6.42 Å². The molecule has 0 bridgehead atoms. The molecule has 11 heavy (non-hydrogen) atoms. The van der Waals surface area contributed by atoms with Gasteiger partial charge in [0, 0.05) is 0 Å². The Balaban J connectivity index is 3.80. The van der Waals surface area contributed by atoms with E-state index in [2.05, 4.69) is 0 Å². The molecule has 0 saturated carbocycles. The molecule has 0 aliphatic heterocycles. The molecule has 0 aromatic heterocycles. The first-order valence-corrected chi connectivity index (χ1v) is 4.05. The molecule has 0 amide bonds. The molecule has 0 fully saturated rings. The molecule has 0 aliphatic carbocycles. The van der Waals surface area contributed by atoms with Crippen molar-refractivity contribution in [1.82, 2.24) is 0 Å². The summed E-state index contributed by atoms with van der Waals surface area (Å²) in [6.45, 7) is 6.13. The number of esters is 1. The van der Waals surface area contributed by atoms with Crippen LogP contribution in [0.25, 0.3) is 0 Å². The van der Waals surface area contributed by atoms with Crippen LogP contribution in [0.2, 0.25) is 0 Å². The van der Waals surface area contributed by atoms with Crippen molar-refractivity contribution in [3.63, 3.8) is 0 Å². The molecular formula is C8H17NO2. The van der Waals surface area contributed by atoms with Crippen LogP contribution in [0.15, 0.2) is 0 Å². The van der Waals surface area contributed by atoms with Crippen molar-refractivity contribution >= 4 is 5.97 Å². The van der Waals surface area contributed by atoms with Gasteiger partial charge in [-0.3, -0.25) is 4.79 Å². The quantitative estimate of drug-likeness (QED) is 0.621. The van der Waals surface area contributed by atoms with Gasteiger partial charge in [-0.2, -0.15) is 0 Å². The Morgan fingerprint density at radius 3 is 2.45 bits per heavy atom. The van der Waals surface area contributed by atoms with Crippen LogP contribution in [0, 0.1) is 5.92 Å². The molecule has 0 aliphatic rings. The fraction of sp³-hybridized carbons (Fsp3) is 0.875. The number of hydrogen-bond donors (Lipinski definition) is 1. The second-order valence-electron chi connectivity index (χ2n) is 2.66. The molecule has 0 aromatic carbocycles. The van der Waals surface area contributed by atoms with Gasteiger partial charge in [-0.15, -0.1) is 0 Å². The summed E-state index contributed by atoms with van der Waals surface area (Å²) in [4.78, 5) is 11.0. The van der Waals surface area contributed by atoms with E-state index in [-0.39, 0.29) is 11.9 Å². The Morgan fingerprint density at radius 1 is 1.55 bits per heavy atom. The van der Waals surface area contributed by atoms with Gasteiger partial charge in [0.2, 0.25) is 0 Å². The van der Waals surface area contributed by atoms with Crippen molar-refractivity contribution in [1.29, 1.82) is 0 Å². The SMILES string of the molecule is CCOC(=O)[C@@H](N)[C@H](C)CC. The van der Waals surface area contributed by atoms with Gasteiger partial charge in [-0.1, -0.05) is 20.3 Å². The van der Waals surface area contributed by atoms with Gasteiger partial charge in [0.05, 0.1) is 6.61 Å². The molecule has 3 nitrogen and oxygen atoms in total. The van der Waals surface area contributed by atoms with E-state index in [1.165, 1.54) is 0 Å². The van der Waals surface area contributed by atoms with Gasteiger partial charge < -0.3 is 10.5 Å². The lowest BCUT2D eigenvalue weighted by Gasteiger charge is -2.15.